The molecule has 1 rings (SSSR count). The van der Waals surface area contributed by atoms with E-state index in [1.807, 2.05) is 36.4 Å². The minimum atomic E-state index is -2.28. The van der Waals surface area contributed by atoms with Crippen LogP contribution in [-0.4, -0.2) is 38.0 Å². The Bertz CT molecular complexity index is 266. The molecule has 12 heavy (non-hydrogen) atoms. The molecule has 0 fully saturated rings. The van der Waals surface area contributed by atoms with E-state index in [2.05, 4.69) is 19.5 Å². The van der Waals surface area contributed by atoms with E-state index in [-0.39, 0.29) is 29.6 Å². The molecule has 6 heteroatoms. The molecular formula is C6H7BrNNaO2S. The molecule has 0 saturated carbocycles. The normalized spacial score (nSPS) is 6.75. The summed E-state index contributed by atoms with van der Waals surface area (Å²) in [6.45, 7) is 0. The Morgan fingerprint density at radius 3 is 1.17 bits per heavy atom. The van der Waals surface area contributed by atoms with Gasteiger partial charge in [0.05, 0.1) is 16.1 Å². The maximum Gasteiger partial charge on any atom is -0.0623 e. The molecule has 0 bridgehead atoms. The molecule has 0 radical (unpaired) electrons. The second-order valence-corrected chi connectivity index (χ2v) is 2.88. The van der Waals surface area contributed by atoms with Crippen molar-refractivity contribution < 1.29 is 8.42 Å². The molecule has 0 spiro atoms. The molecule has 1 aromatic rings. The number of nitrogens with zero attached hydrogens (tertiary/aromatic N) is 1. The summed E-state index contributed by atoms with van der Waals surface area (Å²) in [5.74, 6) is 0. The molecule has 0 aliphatic carbocycles. The van der Waals surface area contributed by atoms with Crippen molar-refractivity contribution in [3.63, 3.8) is 0 Å². The summed E-state index contributed by atoms with van der Waals surface area (Å²) in [5.41, 5.74) is 0. The molecule has 0 atom stereocenters. The van der Waals surface area contributed by atoms with Gasteiger partial charge in [-0.25, -0.2) is 0 Å². The monoisotopic (exact) mass is 259 g/mol. The van der Waals surface area contributed by atoms with Crippen LogP contribution in [0.2, 0.25) is 0 Å². The van der Waals surface area contributed by atoms with Crippen molar-refractivity contribution in [3.8, 4) is 0 Å². The summed E-state index contributed by atoms with van der Waals surface area (Å²) in [5, 5.41) is 0. The Morgan fingerprint density at radius 1 is 0.917 bits per heavy atom. The first-order chi connectivity index (χ1) is 5.27. The zero-order valence-corrected chi connectivity index (χ0v) is 7.92. The first-order valence-corrected chi connectivity index (χ1v) is 4.43. The predicted molar refractivity (Wildman–Crippen MR) is 53.9 cm³/mol. The summed E-state index contributed by atoms with van der Waals surface area (Å²) in [6.07, 6.45) is 0. The second kappa shape index (κ2) is 11.3. The van der Waals surface area contributed by atoms with Gasteiger partial charge in [-0.05, 0) is 0 Å². The summed E-state index contributed by atoms with van der Waals surface area (Å²) < 4.78 is 20.9. The predicted octanol–water partition coefficient (Wildman–Crippen LogP) is 1.40. The average Bonchev–Trinajstić information content (AvgIpc) is 2.09. The zero-order chi connectivity index (χ0) is 8.53. The molecule has 1 aromatic carbocycles. The van der Waals surface area contributed by atoms with E-state index in [1.165, 1.54) is 0 Å². The fourth-order valence-corrected chi connectivity index (χ4v) is 0.385. The molecule has 0 aromatic heterocycles. The van der Waals surface area contributed by atoms with E-state index in [1.54, 1.807) is 0 Å². The third kappa shape index (κ3) is 12.9. The first kappa shape index (κ1) is 14.8. The van der Waals surface area contributed by atoms with Gasteiger partial charge in [0.1, 0.15) is 0 Å². The number of halogens is 1. The maximum absolute atomic E-state index is 9.15. The van der Waals surface area contributed by atoms with Crippen LogP contribution in [0, 0.1) is 0 Å². The van der Waals surface area contributed by atoms with Gasteiger partial charge in [0.15, 0.2) is 0 Å². The minimum Gasteiger partial charge on any atom is -0.0623 e. The van der Waals surface area contributed by atoms with Crippen LogP contribution in [0.1, 0.15) is 0 Å². The van der Waals surface area contributed by atoms with Gasteiger partial charge in [-0.1, -0.05) is 39.8 Å². The van der Waals surface area contributed by atoms with Crippen LogP contribution in [0.4, 0.5) is 0 Å². The molecule has 62 valence electrons. The SMILES string of the molecule is O=S(=O)=NBr.[NaH].c1ccccc1. The van der Waals surface area contributed by atoms with Crippen LogP contribution < -0.4 is 0 Å². The van der Waals surface area contributed by atoms with Gasteiger partial charge in [-0.3, -0.25) is 0 Å². The van der Waals surface area contributed by atoms with Gasteiger partial charge in [0.2, 0.25) is 0 Å². The van der Waals surface area contributed by atoms with Crippen molar-refractivity contribution in [2.24, 2.45) is 3.39 Å². The molecule has 0 aliphatic heterocycles. The summed E-state index contributed by atoms with van der Waals surface area (Å²) in [6, 6.07) is 12.0. The van der Waals surface area contributed by atoms with E-state index in [9.17, 15) is 0 Å². The van der Waals surface area contributed by atoms with Crippen LogP contribution in [-0.2, 0) is 10.5 Å². The number of benzene rings is 1. The Balaban J connectivity index is 0. The van der Waals surface area contributed by atoms with Crippen LogP contribution in [0.3, 0.4) is 0 Å². The van der Waals surface area contributed by atoms with E-state index in [0.717, 1.165) is 0 Å². The van der Waals surface area contributed by atoms with E-state index < -0.39 is 10.5 Å². The summed E-state index contributed by atoms with van der Waals surface area (Å²) >= 11 is 2.33. The second-order valence-electron chi connectivity index (χ2n) is 1.44. The standard InChI is InChI=1S/C6H6.BrNO2S.Na.H/c1-2-4-6-5-3-1;1-2-5(3)4;;/h1-6H;;;. The Hall–Kier alpha value is 0.320. The van der Waals surface area contributed by atoms with Crippen molar-refractivity contribution in [1.82, 2.24) is 0 Å². The molecule has 0 saturated heterocycles. The van der Waals surface area contributed by atoms with Gasteiger partial charge in [0, 0.05) is 0 Å². The number of hydrogen-bond acceptors (Lipinski definition) is 3. The Kier molecular flexibility index (Phi) is 14.0. The van der Waals surface area contributed by atoms with E-state index in [4.69, 9.17) is 8.42 Å². The van der Waals surface area contributed by atoms with Crippen LogP contribution in [0.15, 0.2) is 39.8 Å². The van der Waals surface area contributed by atoms with E-state index >= 15 is 0 Å². The molecule has 0 N–H and O–H groups in total. The molecule has 0 heterocycles. The first-order valence-electron chi connectivity index (χ1n) is 2.68. The van der Waals surface area contributed by atoms with Crippen LogP contribution in [0.25, 0.3) is 0 Å². The van der Waals surface area contributed by atoms with Gasteiger partial charge in [-0.2, -0.15) is 8.42 Å². The Morgan fingerprint density at radius 2 is 1.08 bits per heavy atom. The molecule has 0 amide bonds. The summed E-state index contributed by atoms with van der Waals surface area (Å²) in [4.78, 5) is 0. The average molecular weight is 260 g/mol. The van der Waals surface area contributed by atoms with Gasteiger partial charge in [0.25, 0.3) is 0 Å². The topological polar surface area (TPSA) is 46.5 Å². The van der Waals surface area contributed by atoms with Crippen LogP contribution >= 0.6 is 16.1 Å². The van der Waals surface area contributed by atoms with Crippen molar-refractivity contribution in [1.29, 1.82) is 0 Å². The molecule has 0 aliphatic rings. The number of hydrogen-bond donors (Lipinski definition) is 0. The zero-order valence-electron chi connectivity index (χ0n) is 5.51. The van der Waals surface area contributed by atoms with Gasteiger partial charge < -0.3 is 0 Å². The molecule has 0 unspecified atom stereocenters. The third-order valence-electron chi connectivity index (χ3n) is 0.723. The summed E-state index contributed by atoms with van der Waals surface area (Å²) in [7, 11) is -2.28. The molecular weight excluding hydrogens is 253 g/mol. The minimum absolute atomic E-state index is 0. The maximum atomic E-state index is 9.15. The largest absolute Gasteiger partial charge is 0.0623 e. The smallest absolute Gasteiger partial charge is 0.0623 e. The fourth-order valence-electron chi connectivity index (χ4n) is 0.385. The van der Waals surface area contributed by atoms with Crippen molar-refractivity contribution in [2.75, 3.05) is 0 Å². The third-order valence-corrected chi connectivity index (χ3v) is 1.54. The Labute approximate surface area is 104 Å². The van der Waals surface area contributed by atoms with E-state index in [0.29, 0.717) is 0 Å². The van der Waals surface area contributed by atoms with Crippen molar-refractivity contribution in [2.45, 2.75) is 0 Å². The van der Waals surface area contributed by atoms with Gasteiger partial charge in [-0.15, -0.1) is 0 Å². The number of rotatable bonds is 0. The fraction of sp³-hybridized carbons (Fsp3) is 0. The quantitative estimate of drug-likeness (QED) is 0.662. The molecule has 3 nitrogen and oxygen atoms in total. The van der Waals surface area contributed by atoms with Crippen LogP contribution in [0.5, 0.6) is 0 Å². The van der Waals surface area contributed by atoms with Crippen molar-refractivity contribution in [3.05, 3.63) is 36.4 Å². The van der Waals surface area contributed by atoms with Gasteiger partial charge >= 0.3 is 40.1 Å². The van der Waals surface area contributed by atoms with Crippen molar-refractivity contribution >= 4 is 56.2 Å².